The molecule has 2 aromatic rings. The quantitative estimate of drug-likeness (QED) is 0.854. The van der Waals surface area contributed by atoms with E-state index in [1.807, 2.05) is 30.9 Å². The average Bonchev–Trinajstić information content (AvgIpc) is 2.58. The summed E-state index contributed by atoms with van der Waals surface area (Å²) in [6, 6.07) is 12.2. The third-order valence-electron chi connectivity index (χ3n) is 4.37. The molecule has 0 radical (unpaired) electrons. The maximum absolute atomic E-state index is 12.7. The van der Waals surface area contributed by atoms with Crippen molar-refractivity contribution in [1.82, 2.24) is 9.88 Å². The van der Waals surface area contributed by atoms with Crippen LogP contribution in [0, 0.1) is 13.8 Å². The predicted octanol–water partition coefficient (Wildman–Crippen LogP) is 2.66. The molecule has 1 aromatic heterocycles. The number of benzene rings is 1. The maximum Gasteiger partial charge on any atom is 0.254 e. The van der Waals surface area contributed by atoms with Crippen molar-refractivity contribution in [2.75, 3.05) is 31.1 Å². The third-order valence-corrected chi connectivity index (χ3v) is 4.37. The predicted molar refractivity (Wildman–Crippen MR) is 88.3 cm³/mol. The van der Waals surface area contributed by atoms with Crippen molar-refractivity contribution in [2.24, 2.45) is 0 Å². The Morgan fingerprint density at radius 1 is 1.00 bits per heavy atom. The first-order valence-corrected chi connectivity index (χ1v) is 7.68. The number of hydrogen-bond acceptors (Lipinski definition) is 3. The summed E-state index contributed by atoms with van der Waals surface area (Å²) in [6.45, 7) is 7.18. The molecule has 0 aliphatic carbocycles. The van der Waals surface area contributed by atoms with Gasteiger partial charge in [-0.25, -0.2) is 0 Å². The lowest BCUT2D eigenvalue weighted by Gasteiger charge is -2.36. The van der Waals surface area contributed by atoms with Crippen molar-refractivity contribution in [3.8, 4) is 0 Å². The first-order chi connectivity index (χ1) is 10.7. The first kappa shape index (κ1) is 14.6. The SMILES string of the molecule is Cc1nccc(C(=O)N2CCN(c3ccccc3)CC2)c1C. The van der Waals surface area contributed by atoms with E-state index in [4.69, 9.17) is 0 Å². The first-order valence-electron chi connectivity index (χ1n) is 7.68. The van der Waals surface area contributed by atoms with Crippen LogP contribution in [0.4, 0.5) is 5.69 Å². The molecule has 1 fully saturated rings. The van der Waals surface area contributed by atoms with Gasteiger partial charge in [0.15, 0.2) is 0 Å². The summed E-state index contributed by atoms with van der Waals surface area (Å²) >= 11 is 0. The summed E-state index contributed by atoms with van der Waals surface area (Å²) in [4.78, 5) is 21.2. The normalized spacial score (nSPS) is 15.0. The van der Waals surface area contributed by atoms with Crippen LogP contribution in [-0.4, -0.2) is 42.0 Å². The van der Waals surface area contributed by atoms with Crippen LogP contribution >= 0.6 is 0 Å². The number of pyridine rings is 1. The van der Waals surface area contributed by atoms with E-state index in [0.717, 1.165) is 43.0 Å². The Morgan fingerprint density at radius 3 is 2.36 bits per heavy atom. The Kier molecular flexibility index (Phi) is 4.09. The molecule has 114 valence electrons. The highest BCUT2D eigenvalue weighted by Gasteiger charge is 2.23. The summed E-state index contributed by atoms with van der Waals surface area (Å²) in [5.74, 6) is 0.121. The number of hydrogen-bond donors (Lipinski definition) is 0. The van der Waals surface area contributed by atoms with Crippen LogP contribution in [0.1, 0.15) is 21.6 Å². The molecular formula is C18H21N3O. The zero-order chi connectivity index (χ0) is 15.5. The van der Waals surface area contributed by atoms with Crippen molar-refractivity contribution in [3.05, 3.63) is 59.4 Å². The molecule has 4 heteroatoms. The van der Waals surface area contributed by atoms with Gasteiger partial charge in [0.2, 0.25) is 0 Å². The van der Waals surface area contributed by atoms with Crippen LogP contribution in [-0.2, 0) is 0 Å². The van der Waals surface area contributed by atoms with E-state index in [-0.39, 0.29) is 5.91 Å². The number of aryl methyl sites for hydroxylation is 1. The van der Waals surface area contributed by atoms with Gasteiger partial charge < -0.3 is 9.80 Å². The van der Waals surface area contributed by atoms with Crippen molar-refractivity contribution in [2.45, 2.75) is 13.8 Å². The summed E-state index contributed by atoms with van der Waals surface area (Å²) in [6.07, 6.45) is 1.72. The Morgan fingerprint density at radius 2 is 1.68 bits per heavy atom. The Hall–Kier alpha value is -2.36. The highest BCUT2D eigenvalue weighted by atomic mass is 16.2. The molecular weight excluding hydrogens is 274 g/mol. The van der Waals surface area contributed by atoms with Crippen molar-refractivity contribution < 1.29 is 4.79 Å². The van der Waals surface area contributed by atoms with E-state index in [9.17, 15) is 4.79 Å². The van der Waals surface area contributed by atoms with Gasteiger partial charge in [0.05, 0.1) is 0 Å². The molecule has 1 amide bonds. The third kappa shape index (κ3) is 2.82. The molecule has 0 atom stereocenters. The van der Waals surface area contributed by atoms with E-state index >= 15 is 0 Å². The van der Waals surface area contributed by atoms with Crippen LogP contribution < -0.4 is 4.90 Å². The molecule has 0 N–H and O–H groups in total. The van der Waals surface area contributed by atoms with E-state index < -0.39 is 0 Å². The Balaban J connectivity index is 1.69. The second kappa shape index (κ2) is 6.18. The minimum Gasteiger partial charge on any atom is -0.368 e. The van der Waals surface area contributed by atoms with E-state index in [2.05, 4.69) is 34.1 Å². The number of piperazine rings is 1. The van der Waals surface area contributed by atoms with E-state index in [1.165, 1.54) is 5.69 Å². The lowest BCUT2D eigenvalue weighted by molar-refractivity contribution is 0.0746. The number of carbonyl (C=O) groups is 1. The minimum absolute atomic E-state index is 0.121. The van der Waals surface area contributed by atoms with Crippen LogP contribution in [0.25, 0.3) is 0 Å². The van der Waals surface area contributed by atoms with Gasteiger partial charge in [0, 0.05) is 49.3 Å². The van der Waals surface area contributed by atoms with E-state index in [1.54, 1.807) is 6.20 Å². The molecule has 1 aliphatic heterocycles. The van der Waals surface area contributed by atoms with Gasteiger partial charge in [-0.1, -0.05) is 18.2 Å². The summed E-state index contributed by atoms with van der Waals surface area (Å²) < 4.78 is 0. The number of para-hydroxylation sites is 1. The van der Waals surface area contributed by atoms with Crippen molar-refractivity contribution >= 4 is 11.6 Å². The van der Waals surface area contributed by atoms with Gasteiger partial charge in [-0.05, 0) is 37.6 Å². The number of rotatable bonds is 2. The molecule has 2 heterocycles. The smallest absolute Gasteiger partial charge is 0.254 e. The monoisotopic (exact) mass is 295 g/mol. The largest absolute Gasteiger partial charge is 0.368 e. The number of amides is 1. The fraction of sp³-hybridized carbons (Fsp3) is 0.333. The molecule has 0 unspecified atom stereocenters. The maximum atomic E-state index is 12.7. The number of aromatic nitrogens is 1. The average molecular weight is 295 g/mol. The van der Waals surface area contributed by atoms with Crippen LogP contribution in [0.2, 0.25) is 0 Å². The van der Waals surface area contributed by atoms with Gasteiger partial charge in [-0.3, -0.25) is 9.78 Å². The zero-order valence-corrected chi connectivity index (χ0v) is 13.1. The molecule has 22 heavy (non-hydrogen) atoms. The van der Waals surface area contributed by atoms with E-state index in [0.29, 0.717) is 0 Å². The molecule has 3 rings (SSSR count). The second-order valence-electron chi connectivity index (χ2n) is 5.68. The number of anilines is 1. The molecule has 1 saturated heterocycles. The zero-order valence-electron chi connectivity index (χ0n) is 13.1. The van der Waals surface area contributed by atoms with Crippen LogP contribution in [0.15, 0.2) is 42.6 Å². The van der Waals surface area contributed by atoms with Crippen LogP contribution in [0.3, 0.4) is 0 Å². The summed E-state index contributed by atoms with van der Waals surface area (Å²) in [5.41, 5.74) is 3.91. The van der Waals surface area contributed by atoms with Crippen LogP contribution in [0.5, 0.6) is 0 Å². The lowest BCUT2D eigenvalue weighted by Crippen LogP contribution is -2.49. The standard InChI is InChI=1S/C18H21N3O/c1-14-15(2)19-9-8-17(14)18(22)21-12-10-20(11-13-21)16-6-4-3-5-7-16/h3-9H,10-13H2,1-2H3. The molecule has 1 aliphatic rings. The fourth-order valence-electron chi connectivity index (χ4n) is 2.85. The van der Waals surface area contributed by atoms with Gasteiger partial charge >= 0.3 is 0 Å². The number of nitrogens with zero attached hydrogens (tertiary/aromatic N) is 3. The topological polar surface area (TPSA) is 36.4 Å². The van der Waals surface area contributed by atoms with Gasteiger partial charge in [-0.2, -0.15) is 0 Å². The highest BCUT2D eigenvalue weighted by Crippen LogP contribution is 2.18. The Bertz CT molecular complexity index is 661. The lowest BCUT2D eigenvalue weighted by atomic mass is 10.1. The molecule has 0 saturated carbocycles. The molecule has 0 bridgehead atoms. The highest BCUT2D eigenvalue weighted by molar-refractivity contribution is 5.95. The van der Waals surface area contributed by atoms with Gasteiger partial charge in [0.1, 0.15) is 0 Å². The minimum atomic E-state index is 0.121. The van der Waals surface area contributed by atoms with Crippen molar-refractivity contribution in [1.29, 1.82) is 0 Å². The fourth-order valence-corrected chi connectivity index (χ4v) is 2.85. The van der Waals surface area contributed by atoms with Gasteiger partial charge in [-0.15, -0.1) is 0 Å². The van der Waals surface area contributed by atoms with Gasteiger partial charge in [0.25, 0.3) is 5.91 Å². The van der Waals surface area contributed by atoms with Crippen molar-refractivity contribution in [3.63, 3.8) is 0 Å². The summed E-state index contributed by atoms with van der Waals surface area (Å²) in [5, 5.41) is 0. The second-order valence-corrected chi connectivity index (χ2v) is 5.68. The molecule has 4 nitrogen and oxygen atoms in total. The molecule has 1 aromatic carbocycles. The number of carbonyl (C=O) groups excluding carboxylic acids is 1. The Labute approximate surface area is 131 Å². The molecule has 0 spiro atoms. The summed E-state index contributed by atoms with van der Waals surface area (Å²) in [7, 11) is 0.